The molecule has 1 aromatic carbocycles. The molecule has 0 atom stereocenters. The van der Waals surface area contributed by atoms with E-state index >= 15 is 0 Å². The third kappa shape index (κ3) is 4.53. The number of hydrogen-bond acceptors (Lipinski definition) is 3. The summed E-state index contributed by atoms with van der Waals surface area (Å²) in [7, 11) is 0. The molecule has 4 nitrogen and oxygen atoms in total. The van der Waals surface area contributed by atoms with Crippen LogP contribution in [-0.4, -0.2) is 16.9 Å². The first-order valence-electron chi connectivity index (χ1n) is 8.63. The van der Waals surface area contributed by atoms with Crippen molar-refractivity contribution in [3.63, 3.8) is 0 Å². The SMILES string of the molecule is O=C(Nc1ccccc1C(F)(F)F)c1ccc(NC2CCCCC2)nc1. The Labute approximate surface area is 149 Å². The van der Waals surface area contributed by atoms with Gasteiger partial charge in [-0.1, -0.05) is 31.4 Å². The van der Waals surface area contributed by atoms with Gasteiger partial charge in [0.25, 0.3) is 5.91 Å². The number of para-hydroxylation sites is 1. The van der Waals surface area contributed by atoms with Gasteiger partial charge in [-0.2, -0.15) is 13.2 Å². The Morgan fingerprint density at radius 3 is 2.42 bits per heavy atom. The molecule has 26 heavy (non-hydrogen) atoms. The monoisotopic (exact) mass is 363 g/mol. The predicted molar refractivity (Wildman–Crippen MR) is 94.1 cm³/mol. The molecule has 0 aliphatic heterocycles. The summed E-state index contributed by atoms with van der Waals surface area (Å²) in [5.41, 5.74) is -0.942. The molecule has 1 aliphatic rings. The van der Waals surface area contributed by atoms with E-state index in [2.05, 4.69) is 15.6 Å². The van der Waals surface area contributed by atoms with Crippen molar-refractivity contribution in [3.8, 4) is 0 Å². The molecule has 3 rings (SSSR count). The number of alkyl halides is 3. The average Bonchev–Trinajstić information content (AvgIpc) is 2.63. The topological polar surface area (TPSA) is 54.0 Å². The number of hydrogen-bond donors (Lipinski definition) is 2. The van der Waals surface area contributed by atoms with Crippen molar-refractivity contribution in [3.05, 3.63) is 53.7 Å². The van der Waals surface area contributed by atoms with Gasteiger partial charge in [0.05, 0.1) is 16.8 Å². The smallest absolute Gasteiger partial charge is 0.367 e. The number of carbonyl (C=O) groups excluding carboxylic acids is 1. The van der Waals surface area contributed by atoms with Crippen molar-refractivity contribution in [1.82, 2.24) is 4.98 Å². The quantitative estimate of drug-likeness (QED) is 0.795. The third-order valence-electron chi connectivity index (χ3n) is 4.46. The van der Waals surface area contributed by atoms with E-state index in [9.17, 15) is 18.0 Å². The Morgan fingerprint density at radius 1 is 1.04 bits per heavy atom. The van der Waals surface area contributed by atoms with E-state index < -0.39 is 17.6 Å². The summed E-state index contributed by atoms with van der Waals surface area (Å²) in [5, 5.41) is 5.65. The van der Waals surface area contributed by atoms with Crippen LogP contribution in [0.5, 0.6) is 0 Å². The molecule has 1 heterocycles. The summed E-state index contributed by atoms with van der Waals surface area (Å²) in [6, 6.07) is 8.52. The lowest BCUT2D eigenvalue weighted by atomic mass is 9.95. The van der Waals surface area contributed by atoms with Crippen molar-refractivity contribution in [2.24, 2.45) is 0 Å². The maximum Gasteiger partial charge on any atom is 0.418 e. The Morgan fingerprint density at radius 2 is 1.77 bits per heavy atom. The van der Waals surface area contributed by atoms with E-state index in [0.717, 1.165) is 18.9 Å². The lowest BCUT2D eigenvalue weighted by molar-refractivity contribution is -0.136. The van der Waals surface area contributed by atoms with Crippen LogP contribution in [0.4, 0.5) is 24.7 Å². The van der Waals surface area contributed by atoms with Gasteiger partial charge in [0, 0.05) is 12.2 Å². The van der Waals surface area contributed by atoms with Crippen LogP contribution < -0.4 is 10.6 Å². The van der Waals surface area contributed by atoms with E-state index in [-0.39, 0.29) is 11.3 Å². The first kappa shape index (κ1) is 18.2. The molecule has 138 valence electrons. The minimum Gasteiger partial charge on any atom is -0.367 e. The predicted octanol–water partition coefficient (Wildman–Crippen LogP) is 5.10. The van der Waals surface area contributed by atoms with Crippen LogP contribution in [-0.2, 0) is 6.18 Å². The number of carbonyl (C=O) groups is 1. The molecule has 0 saturated heterocycles. The summed E-state index contributed by atoms with van der Waals surface area (Å²) < 4.78 is 39.0. The lowest BCUT2D eigenvalue weighted by Crippen LogP contribution is -2.23. The normalized spacial score (nSPS) is 15.5. The Kier molecular flexibility index (Phi) is 5.44. The Balaban J connectivity index is 1.67. The summed E-state index contributed by atoms with van der Waals surface area (Å²) in [4.78, 5) is 16.5. The second-order valence-electron chi connectivity index (χ2n) is 6.41. The molecular weight excluding hydrogens is 343 g/mol. The van der Waals surface area contributed by atoms with E-state index in [1.54, 1.807) is 12.1 Å². The first-order chi connectivity index (χ1) is 12.4. The van der Waals surface area contributed by atoms with Crippen LogP contribution in [0.2, 0.25) is 0 Å². The van der Waals surface area contributed by atoms with E-state index in [0.29, 0.717) is 11.9 Å². The number of nitrogens with zero attached hydrogens (tertiary/aromatic N) is 1. The highest BCUT2D eigenvalue weighted by molar-refractivity contribution is 6.04. The van der Waals surface area contributed by atoms with Gasteiger partial charge >= 0.3 is 6.18 Å². The Hall–Kier alpha value is -2.57. The molecule has 0 unspecified atom stereocenters. The third-order valence-corrected chi connectivity index (χ3v) is 4.46. The Bertz CT molecular complexity index is 753. The largest absolute Gasteiger partial charge is 0.418 e. The van der Waals surface area contributed by atoms with E-state index in [4.69, 9.17) is 0 Å². The number of benzene rings is 1. The van der Waals surface area contributed by atoms with Crippen molar-refractivity contribution < 1.29 is 18.0 Å². The van der Waals surface area contributed by atoms with Crippen molar-refractivity contribution in [2.45, 2.75) is 44.3 Å². The number of halogens is 3. The molecule has 1 fully saturated rings. The van der Waals surface area contributed by atoms with Gasteiger partial charge in [0.15, 0.2) is 0 Å². The number of pyridine rings is 1. The molecule has 1 saturated carbocycles. The van der Waals surface area contributed by atoms with Crippen molar-refractivity contribution in [1.29, 1.82) is 0 Å². The van der Waals surface area contributed by atoms with Crippen LogP contribution >= 0.6 is 0 Å². The molecule has 1 aromatic heterocycles. The standard InChI is InChI=1S/C19H20F3N3O/c20-19(21,22)15-8-4-5-9-16(15)25-18(26)13-10-11-17(23-12-13)24-14-6-2-1-3-7-14/h4-5,8-12,14H,1-3,6-7H2,(H,23,24)(H,25,26). The fourth-order valence-electron chi connectivity index (χ4n) is 3.10. The van der Waals surface area contributed by atoms with Gasteiger partial charge in [-0.05, 0) is 37.1 Å². The molecule has 2 N–H and O–H groups in total. The lowest BCUT2D eigenvalue weighted by Gasteiger charge is -2.23. The number of amides is 1. The minimum absolute atomic E-state index is 0.205. The first-order valence-corrected chi connectivity index (χ1v) is 8.63. The van der Waals surface area contributed by atoms with Gasteiger partial charge in [-0.15, -0.1) is 0 Å². The van der Waals surface area contributed by atoms with E-state index in [1.165, 1.54) is 43.7 Å². The molecule has 0 spiro atoms. The van der Waals surface area contributed by atoms with E-state index in [1.807, 2.05) is 0 Å². The zero-order chi connectivity index (χ0) is 18.6. The van der Waals surface area contributed by atoms with Gasteiger partial charge in [0.2, 0.25) is 0 Å². The zero-order valence-electron chi connectivity index (χ0n) is 14.1. The van der Waals surface area contributed by atoms with Gasteiger partial charge in [-0.3, -0.25) is 4.79 Å². The molecule has 1 amide bonds. The highest BCUT2D eigenvalue weighted by atomic mass is 19.4. The number of anilines is 2. The number of rotatable bonds is 4. The number of nitrogens with one attached hydrogen (secondary N) is 2. The average molecular weight is 363 g/mol. The molecule has 0 radical (unpaired) electrons. The second kappa shape index (κ2) is 7.76. The second-order valence-corrected chi connectivity index (χ2v) is 6.41. The highest BCUT2D eigenvalue weighted by Gasteiger charge is 2.33. The summed E-state index contributed by atoms with van der Waals surface area (Å²) in [6.07, 6.45) is 2.67. The molecule has 2 aromatic rings. The number of aromatic nitrogens is 1. The zero-order valence-corrected chi connectivity index (χ0v) is 14.1. The molecule has 1 aliphatic carbocycles. The van der Waals surface area contributed by atoms with Crippen LogP contribution in [0.25, 0.3) is 0 Å². The van der Waals surface area contributed by atoms with Crippen molar-refractivity contribution in [2.75, 3.05) is 10.6 Å². The highest BCUT2D eigenvalue weighted by Crippen LogP contribution is 2.34. The van der Waals surface area contributed by atoms with Crippen LogP contribution in [0, 0.1) is 0 Å². The maximum atomic E-state index is 13.0. The van der Waals surface area contributed by atoms with Crippen LogP contribution in [0.15, 0.2) is 42.6 Å². The molecule has 7 heteroatoms. The van der Waals surface area contributed by atoms with Gasteiger partial charge in [-0.25, -0.2) is 4.98 Å². The molecule has 0 bridgehead atoms. The minimum atomic E-state index is -4.53. The maximum absolute atomic E-state index is 13.0. The fourth-order valence-corrected chi connectivity index (χ4v) is 3.10. The fraction of sp³-hybridized carbons (Fsp3) is 0.368. The summed E-state index contributed by atoms with van der Waals surface area (Å²) in [6.45, 7) is 0. The molecular formula is C19H20F3N3O. The summed E-state index contributed by atoms with van der Waals surface area (Å²) >= 11 is 0. The van der Waals surface area contributed by atoms with Gasteiger partial charge < -0.3 is 10.6 Å². The van der Waals surface area contributed by atoms with Crippen LogP contribution in [0.1, 0.15) is 48.0 Å². The summed E-state index contributed by atoms with van der Waals surface area (Å²) in [5.74, 6) is 0.0440. The van der Waals surface area contributed by atoms with Crippen molar-refractivity contribution >= 4 is 17.4 Å². The van der Waals surface area contributed by atoms with Gasteiger partial charge in [0.1, 0.15) is 5.82 Å². The van der Waals surface area contributed by atoms with Crippen LogP contribution in [0.3, 0.4) is 0 Å².